The molecule has 9 heteroatoms. The quantitative estimate of drug-likeness (QED) is 0.161. The molecule has 0 atom stereocenters. The summed E-state index contributed by atoms with van der Waals surface area (Å²) in [6.45, 7) is 16.3. The molecule has 2 amide bonds. The topological polar surface area (TPSA) is 109 Å². The molecule has 3 aromatic carbocycles. The van der Waals surface area contributed by atoms with Gasteiger partial charge in [-0.25, -0.2) is 9.59 Å². The maximum atomic E-state index is 13.6. The minimum Gasteiger partial charge on any atom is -0.444 e. The van der Waals surface area contributed by atoms with E-state index in [1.54, 1.807) is 4.90 Å². The summed E-state index contributed by atoms with van der Waals surface area (Å²) < 4.78 is 11.4. The highest BCUT2D eigenvalue weighted by molar-refractivity contribution is 6.02. The van der Waals surface area contributed by atoms with E-state index in [0.29, 0.717) is 18.8 Å². The predicted molar refractivity (Wildman–Crippen MR) is 185 cm³/mol. The summed E-state index contributed by atoms with van der Waals surface area (Å²) in [6, 6.07) is 18.2. The Morgan fingerprint density at radius 1 is 0.822 bits per heavy atom. The molecule has 0 aliphatic carbocycles. The number of hydrogen-bond donors (Lipinski definition) is 3. The predicted octanol–water partition coefficient (Wildman–Crippen LogP) is 9.44. The lowest BCUT2D eigenvalue weighted by Gasteiger charge is -2.36. The molecule has 1 heterocycles. The molecule has 1 aliphatic rings. The van der Waals surface area contributed by atoms with E-state index in [1.165, 1.54) is 0 Å². The van der Waals surface area contributed by atoms with Crippen molar-refractivity contribution in [3.05, 3.63) is 65.7 Å². The normalized spacial score (nSPS) is 12.5. The minimum absolute atomic E-state index is 0.376. The first kappa shape index (κ1) is 33.6. The average molecular weight is 616 g/mol. The Labute approximate surface area is 268 Å². The number of carbonyl (C=O) groups is 2. The molecule has 1 aliphatic heterocycles. The number of nitrogens with one attached hydrogen (secondary N) is 2. The average Bonchev–Trinajstić information content (AvgIpc) is 2.93. The second-order valence-corrected chi connectivity index (χ2v) is 13.6. The van der Waals surface area contributed by atoms with Gasteiger partial charge in [0.15, 0.2) is 0 Å². The Kier molecular flexibility index (Phi) is 10.3. The second kappa shape index (κ2) is 13.8. The highest BCUT2D eigenvalue weighted by atomic mass is 16.6. The fourth-order valence-electron chi connectivity index (χ4n) is 5.32. The Morgan fingerprint density at radius 2 is 1.42 bits per heavy atom. The van der Waals surface area contributed by atoms with Gasteiger partial charge in [0, 0.05) is 17.9 Å². The van der Waals surface area contributed by atoms with Crippen LogP contribution in [0.1, 0.15) is 78.4 Å². The van der Waals surface area contributed by atoms with Crippen molar-refractivity contribution in [2.45, 2.75) is 92.3 Å². The van der Waals surface area contributed by atoms with E-state index in [0.717, 1.165) is 70.9 Å². The standard InChI is InChI=1S/C36H49N5O4/c1-24-20-28-31(22-27(24)39-33(42)44-35(3,4)5)41(26-16-12-11-13-17-26)32-23-30(25(2)21-29(32)38-28)40(19-15-10-9-14-18-37)34(43)45-36(6,7)8/h11-13,16-17,20-23,38H,9-10,14-15,18-19,37H2,1-8H3,(H,39,42). The van der Waals surface area contributed by atoms with Crippen LogP contribution in [0.2, 0.25) is 0 Å². The molecule has 0 fully saturated rings. The monoisotopic (exact) mass is 615 g/mol. The molecular formula is C36H49N5O4. The fourth-order valence-corrected chi connectivity index (χ4v) is 5.32. The number of nitrogens with zero attached hydrogens (tertiary/aromatic N) is 2. The first-order valence-electron chi connectivity index (χ1n) is 15.8. The summed E-state index contributed by atoms with van der Waals surface area (Å²) in [6.07, 6.45) is 2.89. The third-order valence-corrected chi connectivity index (χ3v) is 7.30. The molecule has 0 saturated carbocycles. The highest BCUT2D eigenvalue weighted by Gasteiger charge is 2.30. The first-order chi connectivity index (χ1) is 21.2. The van der Waals surface area contributed by atoms with Crippen LogP contribution >= 0.6 is 0 Å². The molecule has 242 valence electrons. The van der Waals surface area contributed by atoms with Gasteiger partial charge in [0.05, 0.1) is 28.4 Å². The number of amides is 2. The number of anilines is 7. The zero-order valence-electron chi connectivity index (χ0n) is 28.0. The van der Waals surface area contributed by atoms with Crippen LogP contribution in [0, 0.1) is 13.8 Å². The van der Waals surface area contributed by atoms with E-state index < -0.39 is 17.3 Å². The number of fused-ring (bicyclic) bond motifs is 2. The molecule has 3 aromatic rings. The van der Waals surface area contributed by atoms with Crippen LogP contribution in [0.5, 0.6) is 0 Å². The van der Waals surface area contributed by atoms with Crippen LogP contribution in [0.4, 0.5) is 49.4 Å². The molecule has 0 aromatic heterocycles. The number of carbonyl (C=O) groups excluding carboxylic acids is 2. The van der Waals surface area contributed by atoms with E-state index in [-0.39, 0.29) is 6.09 Å². The number of unbranched alkanes of at least 4 members (excludes halogenated alkanes) is 3. The third-order valence-electron chi connectivity index (χ3n) is 7.30. The van der Waals surface area contributed by atoms with Crippen molar-refractivity contribution in [2.24, 2.45) is 5.73 Å². The van der Waals surface area contributed by atoms with Gasteiger partial charge in [-0.05, 0) is 122 Å². The van der Waals surface area contributed by atoms with Crippen molar-refractivity contribution in [2.75, 3.05) is 33.5 Å². The number of ether oxygens (including phenoxy) is 2. The molecule has 0 saturated heterocycles. The van der Waals surface area contributed by atoms with Gasteiger partial charge in [0.1, 0.15) is 11.2 Å². The molecule has 0 bridgehead atoms. The van der Waals surface area contributed by atoms with Crippen LogP contribution in [-0.2, 0) is 9.47 Å². The minimum atomic E-state index is -0.636. The molecule has 0 radical (unpaired) electrons. The van der Waals surface area contributed by atoms with Gasteiger partial charge in [0.2, 0.25) is 0 Å². The van der Waals surface area contributed by atoms with Crippen LogP contribution < -0.4 is 26.2 Å². The summed E-state index contributed by atoms with van der Waals surface area (Å²) in [4.78, 5) is 30.3. The molecule has 4 N–H and O–H groups in total. The lowest BCUT2D eigenvalue weighted by Crippen LogP contribution is -2.38. The van der Waals surface area contributed by atoms with Crippen molar-refractivity contribution in [1.29, 1.82) is 0 Å². The largest absolute Gasteiger partial charge is 0.444 e. The Hall–Kier alpha value is -4.24. The zero-order valence-corrected chi connectivity index (χ0v) is 28.0. The smallest absolute Gasteiger partial charge is 0.414 e. The summed E-state index contributed by atoms with van der Waals surface area (Å²) in [5.74, 6) is 0. The van der Waals surface area contributed by atoms with Gasteiger partial charge in [-0.15, -0.1) is 0 Å². The number of rotatable bonds is 9. The van der Waals surface area contributed by atoms with Crippen LogP contribution in [0.25, 0.3) is 0 Å². The zero-order chi connectivity index (χ0) is 32.9. The summed E-state index contributed by atoms with van der Waals surface area (Å²) >= 11 is 0. The van der Waals surface area contributed by atoms with Crippen molar-refractivity contribution in [3.63, 3.8) is 0 Å². The second-order valence-electron chi connectivity index (χ2n) is 13.6. The molecule has 9 nitrogen and oxygen atoms in total. The summed E-state index contributed by atoms with van der Waals surface area (Å²) in [5.41, 5.74) is 12.2. The Balaban J connectivity index is 1.80. The molecule has 0 spiro atoms. The highest BCUT2D eigenvalue weighted by Crippen LogP contribution is 2.51. The third kappa shape index (κ3) is 8.69. The molecule has 0 unspecified atom stereocenters. The van der Waals surface area contributed by atoms with Gasteiger partial charge in [-0.3, -0.25) is 10.2 Å². The van der Waals surface area contributed by atoms with Crippen molar-refractivity contribution < 1.29 is 19.1 Å². The Bertz CT molecular complexity index is 1510. The van der Waals surface area contributed by atoms with Crippen molar-refractivity contribution in [1.82, 2.24) is 0 Å². The van der Waals surface area contributed by atoms with Crippen LogP contribution in [0.3, 0.4) is 0 Å². The maximum Gasteiger partial charge on any atom is 0.414 e. The lowest BCUT2D eigenvalue weighted by atomic mass is 10.0. The number of nitrogens with two attached hydrogens (primary N) is 1. The van der Waals surface area contributed by atoms with E-state index in [9.17, 15) is 9.59 Å². The SMILES string of the molecule is Cc1cc2c(cc1NC(=O)OC(C)(C)C)N(c1ccccc1)c1cc(N(CCCCCCN)C(=O)OC(C)(C)C)c(C)cc1N2. The molecule has 45 heavy (non-hydrogen) atoms. The lowest BCUT2D eigenvalue weighted by molar-refractivity contribution is 0.0577. The first-order valence-corrected chi connectivity index (χ1v) is 15.8. The van der Waals surface area contributed by atoms with Gasteiger partial charge in [-0.1, -0.05) is 31.0 Å². The van der Waals surface area contributed by atoms with Crippen LogP contribution in [0.15, 0.2) is 54.6 Å². The number of aryl methyl sites for hydroxylation is 2. The molecular weight excluding hydrogens is 566 g/mol. The van der Waals surface area contributed by atoms with E-state index in [4.69, 9.17) is 15.2 Å². The number of para-hydroxylation sites is 1. The maximum absolute atomic E-state index is 13.6. The van der Waals surface area contributed by atoms with Gasteiger partial charge in [0.25, 0.3) is 0 Å². The van der Waals surface area contributed by atoms with Gasteiger partial charge < -0.3 is 25.4 Å². The van der Waals surface area contributed by atoms with Crippen molar-refractivity contribution >= 4 is 52.0 Å². The summed E-state index contributed by atoms with van der Waals surface area (Å²) in [7, 11) is 0. The van der Waals surface area contributed by atoms with E-state index >= 15 is 0 Å². The van der Waals surface area contributed by atoms with E-state index in [2.05, 4.69) is 27.7 Å². The van der Waals surface area contributed by atoms with Crippen LogP contribution in [-0.4, -0.2) is 36.5 Å². The molecule has 4 rings (SSSR count). The summed E-state index contributed by atoms with van der Waals surface area (Å²) in [5, 5.41) is 6.54. The van der Waals surface area contributed by atoms with Gasteiger partial charge in [-0.2, -0.15) is 0 Å². The van der Waals surface area contributed by atoms with Gasteiger partial charge >= 0.3 is 12.2 Å². The number of hydrogen-bond acceptors (Lipinski definition) is 7. The number of benzene rings is 3. The Morgan fingerprint density at radius 3 is 2.04 bits per heavy atom. The van der Waals surface area contributed by atoms with E-state index in [1.807, 2.05) is 97.9 Å². The fraction of sp³-hybridized carbons (Fsp3) is 0.444. The van der Waals surface area contributed by atoms with Crippen molar-refractivity contribution in [3.8, 4) is 0 Å².